The lowest BCUT2D eigenvalue weighted by Crippen LogP contribution is -2.38. The molecule has 0 radical (unpaired) electrons. The van der Waals surface area contributed by atoms with Gasteiger partial charge in [-0.2, -0.15) is 13.2 Å². The topological polar surface area (TPSA) is 100 Å². The van der Waals surface area contributed by atoms with E-state index in [-0.39, 0.29) is 0 Å². The van der Waals surface area contributed by atoms with E-state index in [1.165, 1.54) is 6.07 Å². The minimum Gasteiger partial charge on any atom is -0.341 e. The molecular formula is C27H25F3N6O2S. The Kier molecular flexibility index (Phi) is 7.94. The van der Waals surface area contributed by atoms with Crippen LogP contribution in [0, 0.1) is 5.92 Å². The van der Waals surface area contributed by atoms with E-state index in [4.69, 9.17) is 0 Å². The summed E-state index contributed by atoms with van der Waals surface area (Å²) in [6.45, 7) is 2.87. The molecule has 2 fully saturated rings. The van der Waals surface area contributed by atoms with Gasteiger partial charge in [0, 0.05) is 31.4 Å². The molecule has 39 heavy (non-hydrogen) atoms. The Bertz CT molecular complexity index is 1410. The number of nitrogens with zero attached hydrogens (tertiary/aromatic N) is 4. The number of anilines is 1. The van der Waals surface area contributed by atoms with E-state index >= 15 is 0 Å². The highest BCUT2D eigenvalue weighted by atomic mass is 32.2. The third kappa shape index (κ3) is 6.82. The van der Waals surface area contributed by atoms with Crippen LogP contribution in [0.1, 0.15) is 29.8 Å². The molecule has 2 aliphatic rings. The number of carbonyl (C=O) groups is 2. The van der Waals surface area contributed by atoms with Gasteiger partial charge in [-0.05, 0) is 73.5 Å². The van der Waals surface area contributed by atoms with E-state index in [0.717, 1.165) is 62.1 Å². The number of nitrogens with one attached hydrogen (secondary N) is 2. The second kappa shape index (κ2) is 11.5. The lowest BCUT2D eigenvalue weighted by atomic mass is 9.97. The van der Waals surface area contributed by atoms with E-state index < -0.39 is 22.9 Å². The molecule has 0 aliphatic carbocycles. The largest absolute Gasteiger partial charge is 0.416 e. The predicted octanol–water partition coefficient (Wildman–Crippen LogP) is 4.89. The van der Waals surface area contributed by atoms with E-state index in [1.807, 2.05) is 6.07 Å². The minimum absolute atomic E-state index is 0.310. The van der Waals surface area contributed by atoms with Crippen molar-refractivity contribution in [2.24, 2.45) is 5.92 Å². The van der Waals surface area contributed by atoms with Gasteiger partial charge in [-0.15, -0.1) is 0 Å². The maximum atomic E-state index is 13.1. The van der Waals surface area contributed by atoms with Gasteiger partial charge in [0.1, 0.15) is 0 Å². The molecule has 2 amide bonds. The van der Waals surface area contributed by atoms with Crippen LogP contribution >= 0.6 is 11.8 Å². The van der Waals surface area contributed by atoms with Crippen molar-refractivity contribution in [1.29, 1.82) is 0 Å². The van der Waals surface area contributed by atoms with Gasteiger partial charge in [-0.1, -0.05) is 18.2 Å². The maximum Gasteiger partial charge on any atom is 0.416 e. The van der Waals surface area contributed by atoms with Crippen LogP contribution in [-0.4, -0.2) is 45.7 Å². The summed E-state index contributed by atoms with van der Waals surface area (Å²) in [5.74, 6) is 0.611. The molecule has 0 unspecified atom stereocenters. The molecule has 2 N–H and O–H groups in total. The average molecular weight is 555 g/mol. The van der Waals surface area contributed by atoms with Gasteiger partial charge >= 0.3 is 6.18 Å². The Morgan fingerprint density at radius 2 is 1.87 bits per heavy atom. The first kappa shape index (κ1) is 26.8. The van der Waals surface area contributed by atoms with E-state index in [0.29, 0.717) is 40.3 Å². The average Bonchev–Trinajstić information content (AvgIpc) is 3.25. The number of pyridine rings is 1. The molecule has 2 aromatic heterocycles. The molecule has 0 saturated carbocycles. The number of alkyl halides is 3. The van der Waals surface area contributed by atoms with Crippen molar-refractivity contribution in [3.63, 3.8) is 0 Å². The number of hydrogen-bond donors (Lipinski definition) is 2. The molecule has 0 bridgehead atoms. The SMILES string of the molecule is O=C1NC(=O)C(=Cc2ccnc(N3CCC(CNCc4cccc(-c5cccc(C(F)(F)F)c5)n4)CC3)n2)S1. The summed E-state index contributed by atoms with van der Waals surface area (Å²) in [5.41, 5.74) is 1.57. The van der Waals surface area contributed by atoms with Crippen LogP contribution in [0.25, 0.3) is 17.3 Å². The normalized spacial score (nSPS) is 17.6. The van der Waals surface area contributed by atoms with Gasteiger partial charge in [0.25, 0.3) is 11.1 Å². The first-order chi connectivity index (χ1) is 18.7. The molecular weight excluding hydrogens is 529 g/mol. The first-order valence-corrected chi connectivity index (χ1v) is 13.2. The zero-order valence-electron chi connectivity index (χ0n) is 20.7. The third-order valence-corrected chi connectivity index (χ3v) is 7.32. The van der Waals surface area contributed by atoms with Crippen LogP contribution in [0.5, 0.6) is 0 Å². The summed E-state index contributed by atoms with van der Waals surface area (Å²) < 4.78 is 39.2. The molecule has 202 valence electrons. The Morgan fingerprint density at radius 3 is 2.62 bits per heavy atom. The van der Waals surface area contributed by atoms with Crippen molar-refractivity contribution in [3.05, 3.63) is 76.6 Å². The number of amides is 2. The Balaban J connectivity index is 1.12. The summed E-state index contributed by atoms with van der Waals surface area (Å²) >= 11 is 0.852. The number of halogens is 3. The number of thioether (sulfide) groups is 1. The summed E-state index contributed by atoms with van der Waals surface area (Å²) in [5, 5.41) is 5.27. The summed E-state index contributed by atoms with van der Waals surface area (Å²) in [6, 6.07) is 12.3. The fraction of sp³-hybridized carbons (Fsp3) is 0.296. The summed E-state index contributed by atoms with van der Waals surface area (Å²) in [7, 11) is 0. The molecule has 5 rings (SSSR count). The second-order valence-corrected chi connectivity index (χ2v) is 10.3. The van der Waals surface area contributed by atoms with Gasteiger partial charge in [0.2, 0.25) is 5.95 Å². The van der Waals surface area contributed by atoms with Crippen LogP contribution in [0.4, 0.5) is 23.9 Å². The molecule has 2 aliphatic heterocycles. The van der Waals surface area contributed by atoms with Crippen LogP contribution < -0.4 is 15.5 Å². The van der Waals surface area contributed by atoms with Crippen LogP contribution in [0.3, 0.4) is 0 Å². The Labute approximate surface area is 227 Å². The number of imide groups is 1. The summed E-state index contributed by atoms with van der Waals surface area (Å²) in [4.78, 5) is 39.1. The van der Waals surface area contributed by atoms with Crippen LogP contribution in [-0.2, 0) is 17.5 Å². The lowest BCUT2D eigenvalue weighted by molar-refractivity contribution is -0.137. The highest BCUT2D eigenvalue weighted by molar-refractivity contribution is 8.18. The molecule has 0 atom stereocenters. The molecule has 3 aromatic rings. The lowest BCUT2D eigenvalue weighted by Gasteiger charge is -2.32. The number of benzene rings is 1. The smallest absolute Gasteiger partial charge is 0.341 e. The van der Waals surface area contributed by atoms with Crippen LogP contribution in [0.15, 0.2) is 59.6 Å². The number of aromatic nitrogens is 3. The fourth-order valence-corrected chi connectivity index (χ4v) is 5.15. The predicted molar refractivity (Wildman–Crippen MR) is 142 cm³/mol. The number of hydrogen-bond acceptors (Lipinski definition) is 8. The number of piperidine rings is 1. The molecule has 12 heteroatoms. The van der Waals surface area contributed by atoms with E-state index in [2.05, 4.69) is 30.5 Å². The number of carbonyl (C=O) groups excluding carboxylic acids is 2. The summed E-state index contributed by atoms with van der Waals surface area (Å²) in [6.07, 6.45) is 0.703. The van der Waals surface area contributed by atoms with E-state index in [1.54, 1.807) is 36.5 Å². The van der Waals surface area contributed by atoms with Gasteiger partial charge < -0.3 is 10.2 Å². The minimum atomic E-state index is -4.40. The Hall–Kier alpha value is -3.77. The zero-order chi connectivity index (χ0) is 27.4. The highest BCUT2D eigenvalue weighted by Crippen LogP contribution is 2.32. The zero-order valence-corrected chi connectivity index (χ0v) is 21.6. The monoisotopic (exact) mass is 554 g/mol. The molecule has 2 saturated heterocycles. The molecule has 1 aromatic carbocycles. The third-order valence-electron chi connectivity index (χ3n) is 6.51. The van der Waals surface area contributed by atoms with Crippen molar-refractivity contribution >= 4 is 34.9 Å². The van der Waals surface area contributed by atoms with Gasteiger partial charge in [0.15, 0.2) is 0 Å². The quantitative estimate of drug-likeness (QED) is 0.399. The highest BCUT2D eigenvalue weighted by Gasteiger charge is 2.30. The van der Waals surface area contributed by atoms with Gasteiger partial charge in [-0.25, -0.2) is 9.97 Å². The second-order valence-electron chi connectivity index (χ2n) is 9.29. The van der Waals surface area contributed by atoms with Crippen molar-refractivity contribution in [3.8, 4) is 11.3 Å². The van der Waals surface area contributed by atoms with E-state index in [9.17, 15) is 22.8 Å². The Morgan fingerprint density at radius 1 is 1.08 bits per heavy atom. The maximum absolute atomic E-state index is 13.1. The first-order valence-electron chi connectivity index (χ1n) is 12.4. The fourth-order valence-electron chi connectivity index (χ4n) is 4.49. The van der Waals surface area contributed by atoms with Crippen molar-refractivity contribution in [2.45, 2.75) is 25.6 Å². The van der Waals surface area contributed by atoms with Crippen molar-refractivity contribution < 1.29 is 22.8 Å². The van der Waals surface area contributed by atoms with Gasteiger partial charge in [0.05, 0.1) is 27.6 Å². The molecule has 0 spiro atoms. The van der Waals surface area contributed by atoms with Crippen molar-refractivity contribution in [1.82, 2.24) is 25.6 Å². The van der Waals surface area contributed by atoms with Crippen LogP contribution in [0.2, 0.25) is 0 Å². The van der Waals surface area contributed by atoms with Gasteiger partial charge in [-0.3, -0.25) is 19.9 Å². The molecule has 4 heterocycles. The number of rotatable bonds is 7. The van der Waals surface area contributed by atoms with Crippen molar-refractivity contribution in [2.75, 3.05) is 24.5 Å². The molecule has 8 nitrogen and oxygen atoms in total. The standard InChI is InChI=1S/C27H25F3N6O2S/c28-27(29,30)19-4-1-3-18(13-19)22-6-2-5-21(33-22)16-31-15-17-8-11-36(12-9-17)25-32-10-7-20(34-25)14-23-24(37)35-26(38)39-23/h1-7,10,13-14,17,31H,8-9,11-12,15-16H2,(H,35,37,38).